The van der Waals surface area contributed by atoms with Crippen LogP contribution in [0.2, 0.25) is 0 Å². The van der Waals surface area contributed by atoms with Gasteiger partial charge in [-0.25, -0.2) is 0 Å². The fourth-order valence-corrected chi connectivity index (χ4v) is 3.19. The van der Waals surface area contributed by atoms with Crippen LogP contribution in [0.1, 0.15) is 6.92 Å². The highest BCUT2D eigenvalue weighted by molar-refractivity contribution is 8.00. The monoisotopic (exact) mass is 337 g/mol. The fourth-order valence-electron chi connectivity index (χ4n) is 2.44. The van der Waals surface area contributed by atoms with E-state index in [2.05, 4.69) is 35.6 Å². The normalized spacial score (nSPS) is 10.5. The van der Waals surface area contributed by atoms with Gasteiger partial charge in [-0.1, -0.05) is 42.5 Å². The van der Waals surface area contributed by atoms with Gasteiger partial charge in [0.1, 0.15) is 5.75 Å². The molecule has 4 heteroatoms. The molecule has 0 fully saturated rings. The van der Waals surface area contributed by atoms with Crippen molar-refractivity contribution in [3.63, 3.8) is 0 Å². The van der Waals surface area contributed by atoms with Gasteiger partial charge in [0, 0.05) is 4.90 Å². The second kappa shape index (κ2) is 7.88. The van der Waals surface area contributed by atoms with Crippen LogP contribution in [0, 0.1) is 0 Å². The average Bonchev–Trinajstić information content (AvgIpc) is 2.62. The summed E-state index contributed by atoms with van der Waals surface area (Å²) in [4.78, 5) is 13.3. The SMILES string of the molecule is CCOc1ccccc1NC(=O)CSc1ccc2ccccc2c1. The number of rotatable bonds is 6. The molecule has 122 valence electrons. The van der Waals surface area contributed by atoms with Gasteiger partial charge in [-0.15, -0.1) is 11.8 Å². The number of anilines is 1. The Morgan fingerprint density at radius 1 is 1.00 bits per heavy atom. The van der Waals surface area contributed by atoms with Crippen molar-refractivity contribution in [2.45, 2.75) is 11.8 Å². The maximum atomic E-state index is 12.2. The van der Waals surface area contributed by atoms with Crippen LogP contribution in [0.4, 0.5) is 5.69 Å². The number of thioether (sulfide) groups is 1. The van der Waals surface area contributed by atoms with E-state index in [4.69, 9.17) is 4.74 Å². The number of carbonyl (C=O) groups is 1. The van der Waals surface area contributed by atoms with Crippen LogP contribution in [-0.2, 0) is 4.79 Å². The summed E-state index contributed by atoms with van der Waals surface area (Å²) < 4.78 is 5.53. The summed E-state index contributed by atoms with van der Waals surface area (Å²) in [5.74, 6) is 1.02. The summed E-state index contributed by atoms with van der Waals surface area (Å²) in [6.07, 6.45) is 0. The lowest BCUT2D eigenvalue weighted by Crippen LogP contribution is -2.14. The van der Waals surface area contributed by atoms with Crippen LogP contribution in [0.3, 0.4) is 0 Å². The van der Waals surface area contributed by atoms with Gasteiger partial charge >= 0.3 is 0 Å². The lowest BCUT2D eigenvalue weighted by molar-refractivity contribution is -0.113. The van der Waals surface area contributed by atoms with E-state index in [0.717, 1.165) is 4.90 Å². The highest BCUT2D eigenvalue weighted by Gasteiger charge is 2.08. The number of ether oxygens (including phenoxy) is 1. The molecule has 0 radical (unpaired) electrons. The summed E-state index contributed by atoms with van der Waals surface area (Å²) in [6.45, 7) is 2.49. The predicted octanol–water partition coefficient (Wildman–Crippen LogP) is 4.97. The summed E-state index contributed by atoms with van der Waals surface area (Å²) in [6, 6.07) is 21.9. The van der Waals surface area contributed by atoms with Crippen LogP contribution >= 0.6 is 11.8 Å². The maximum absolute atomic E-state index is 12.2. The smallest absolute Gasteiger partial charge is 0.234 e. The molecular weight excluding hydrogens is 318 g/mol. The third-order valence-corrected chi connectivity index (χ3v) is 4.55. The Balaban J connectivity index is 1.62. The van der Waals surface area contributed by atoms with Gasteiger partial charge in [-0.2, -0.15) is 0 Å². The Labute approximate surface area is 146 Å². The first-order valence-electron chi connectivity index (χ1n) is 7.89. The van der Waals surface area contributed by atoms with E-state index >= 15 is 0 Å². The van der Waals surface area contributed by atoms with Crippen molar-refractivity contribution >= 4 is 34.1 Å². The minimum atomic E-state index is -0.0414. The molecule has 1 amide bonds. The second-order valence-corrected chi connectivity index (χ2v) is 6.32. The lowest BCUT2D eigenvalue weighted by atomic mass is 10.1. The molecule has 3 aromatic rings. The van der Waals surface area contributed by atoms with Crippen molar-refractivity contribution < 1.29 is 9.53 Å². The van der Waals surface area contributed by atoms with Crippen LogP contribution in [0.25, 0.3) is 10.8 Å². The first kappa shape index (κ1) is 16.4. The van der Waals surface area contributed by atoms with E-state index in [1.807, 2.05) is 43.3 Å². The van der Waals surface area contributed by atoms with E-state index in [1.165, 1.54) is 22.5 Å². The molecule has 0 heterocycles. The standard InChI is InChI=1S/C20H19NO2S/c1-2-23-19-10-6-5-9-18(19)21-20(22)14-24-17-12-11-15-7-3-4-8-16(15)13-17/h3-13H,2,14H2,1H3,(H,21,22). The molecule has 0 unspecified atom stereocenters. The first-order chi connectivity index (χ1) is 11.8. The van der Waals surface area contributed by atoms with Crippen molar-refractivity contribution in [1.82, 2.24) is 0 Å². The van der Waals surface area contributed by atoms with Gasteiger partial charge < -0.3 is 10.1 Å². The summed E-state index contributed by atoms with van der Waals surface area (Å²) in [5, 5.41) is 5.31. The minimum Gasteiger partial charge on any atom is -0.492 e. The van der Waals surface area contributed by atoms with E-state index < -0.39 is 0 Å². The molecule has 3 rings (SSSR count). The van der Waals surface area contributed by atoms with Gasteiger partial charge in [0.15, 0.2) is 0 Å². The molecule has 3 aromatic carbocycles. The van der Waals surface area contributed by atoms with Crippen molar-refractivity contribution in [3.05, 3.63) is 66.7 Å². The largest absolute Gasteiger partial charge is 0.492 e. The quantitative estimate of drug-likeness (QED) is 0.645. The van der Waals surface area contributed by atoms with Gasteiger partial charge in [0.2, 0.25) is 5.91 Å². The predicted molar refractivity (Wildman–Crippen MR) is 101 cm³/mol. The molecule has 0 aromatic heterocycles. The summed E-state index contributed by atoms with van der Waals surface area (Å²) >= 11 is 1.53. The number of nitrogens with one attached hydrogen (secondary N) is 1. The zero-order valence-electron chi connectivity index (χ0n) is 13.5. The molecule has 0 bridgehead atoms. The van der Waals surface area contributed by atoms with Crippen LogP contribution in [0.15, 0.2) is 71.6 Å². The molecule has 0 spiro atoms. The maximum Gasteiger partial charge on any atom is 0.234 e. The molecule has 0 saturated carbocycles. The Kier molecular flexibility index (Phi) is 5.39. The zero-order chi connectivity index (χ0) is 16.8. The second-order valence-electron chi connectivity index (χ2n) is 5.27. The van der Waals surface area contributed by atoms with Gasteiger partial charge in [-0.05, 0) is 42.0 Å². The van der Waals surface area contributed by atoms with Crippen LogP contribution in [0.5, 0.6) is 5.75 Å². The Morgan fingerprint density at radius 3 is 2.58 bits per heavy atom. The highest BCUT2D eigenvalue weighted by atomic mass is 32.2. The van der Waals surface area contributed by atoms with E-state index in [-0.39, 0.29) is 5.91 Å². The molecule has 3 nitrogen and oxygen atoms in total. The van der Waals surface area contributed by atoms with E-state index in [0.29, 0.717) is 23.8 Å². The molecule has 0 saturated heterocycles. The summed E-state index contributed by atoms with van der Waals surface area (Å²) in [7, 11) is 0. The van der Waals surface area contributed by atoms with Gasteiger partial charge in [0.05, 0.1) is 18.0 Å². The van der Waals surface area contributed by atoms with E-state index in [1.54, 1.807) is 0 Å². The highest BCUT2D eigenvalue weighted by Crippen LogP contribution is 2.26. The zero-order valence-corrected chi connectivity index (χ0v) is 14.3. The first-order valence-corrected chi connectivity index (χ1v) is 8.88. The third kappa shape index (κ3) is 4.09. The van der Waals surface area contributed by atoms with Crippen molar-refractivity contribution in [3.8, 4) is 5.75 Å². The molecule has 1 N–H and O–H groups in total. The molecule has 0 aliphatic heterocycles. The third-order valence-electron chi connectivity index (χ3n) is 3.55. The fraction of sp³-hybridized carbons (Fsp3) is 0.150. The van der Waals surface area contributed by atoms with Crippen molar-refractivity contribution in [2.24, 2.45) is 0 Å². The van der Waals surface area contributed by atoms with E-state index in [9.17, 15) is 4.79 Å². The van der Waals surface area contributed by atoms with Crippen LogP contribution < -0.4 is 10.1 Å². The number of fused-ring (bicyclic) bond motifs is 1. The number of benzene rings is 3. The molecule has 0 aliphatic carbocycles. The Morgan fingerprint density at radius 2 is 1.75 bits per heavy atom. The number of carbonyl (C=O) groups excluding carboxylic acids is 1. The Hall–Kier alpha value is -2.46. The Bertz CT molecular complexity index is 848. The summed E-state index contributed by atoms with van der Waals surface area (Å²) in [5.41, 5.74) is 0.712. The average molecular weight is 337 g/mol. The molecule has 0 aliphatic rings. The van der Waals surface area contributed by atoms with Crippen molar-refractivity contribution in [2.75, 3.05) is 17.7 Å². The number of hydrogen-bond donors (Lipinski definition) is 1. The topological polar surface area (TPSA) is 38.3 Å². The van der Waals surface area contributed by atoms with Gasteiger partial charge in [-0.3, -0.25) is 4.79 Å². The van der Waals surface area contributed by atoms with Crippen molar-refractivity contribution in [1.29, 1.82) is 0 Å². The minimum absolute atomic E-state index is 0.0414. The molecule has 0 atom stereocenters. The lowest BCUT2D eigenvalue weighted by Gasteiger charge is -2.11. The number of amides is 1. The number of para-hydroxylation sites is 2. The van der Waals surface area contributed by atoms with Gasteiger partial charge in [0.25, 0.3) is 0 Å². The number of hydrogen-bond acceptors (Lipinski definition) is 3. The van der Waals surface area contributed by atoms with Crippen LogP contribution in [-0.4, -0.2) is 18.3 Å². The molecular formula is C20H19NO2S. The molecule has 24 heavy (non-hydrogen) atoms.